The summed E-state index contributed by atoms with van der Waals surface area (Å²) in [4.78, 5) is 10.3. The van der Waals surface area contributed by atoms with E-state index in [9.17, 15) is 10.1 Å². The first-order valence-electron chi connectivity index (χ1n) is 6.24. The van der Waals surface area contributed by atoms with Gasteiger partial charge in [-0.15, -0.1) is 0 Å². The molecule has 0 bridgehead atoms. The molecule has 2 rings (SSSR count). The normalized spacial score (nSPS) is 12.2. The molecule has 2 aromatic rings. The smallest absolute Gasteiger partial charge is 0.283 e. The van der Waals surface area contributed by atoms with Gasteiger partial charge in [0, 0.05) is 30.1 Å². The minimum absolute atomic E-state index is 0.0574. The third-order valence-corrected chi connectivity index (χ3v) is 3.64. The van der Waals surface area contributed by atoms with E-state index < -0.39 is 4.92 Å². The summed E-state index contributed by atoms with van der Waals surface area (Å²) in [7, 11) is 0. The Hall–Kier alpha value is -1.89. The number of halogens is 1. The van der Waals surface area contributed by atoms with Crippen molar-refractivity contribution in [1.82, 2.24) is 9.78 Å². The van der Waals surface area contributed by atoms with Crippen LogP contribution in [-0.2, 0) is 6.54 Å². The van der Waals surface area contributed by atoms with Crippen molar-refractivity contribution in [3.63, 3.8) is 0 Å². The molecular weight excluding hydrogens is 324 g/mol. The number of hydrogen-bond donors (Lipinski definition) is 1. The molecule has 106 valence electrons. The van der Waals surface area contributed by atoms with Crippen molar-refractivity contribution in [2.24, 2.45) is 0 Å². The van der Waals surface area contributed by atoms with Gasteiger partial charge in [-0.1, -0.05) is 0 Å². The van der Waals surface area contributed by atoms with E-state index in [4.69, 9.17) is 0 Å². The van der Waals surface area contributed by atoms with Crippen LogP contribution in [0.1, 0.15) is 25.5 Å². The van der Waals surface area contributed by atoms with Gasteiger partial charge < -0.3 is 5.32 Å². The van der Waals surface area contributed by atoms with Crippen molar-refractivity contribution in [3.8, 4) is 0 Å². The monoisotopic (exact) mass is 338 g/mol. The topological polar surface area (TPSA) is 73.0 Å². The Morgan fingerprint density at radius 3 is 2.85 bits per heavy atom. The Balaban J connectivity index is 2.13. The second-order valence-corrected chi connectivity index (χ2v) is 5.27. The van der Waals surface area contributed by atoms with E-state index in [1.165, 1.54) is 6.07 Å². The maximum absolute atomic E-state index is 10.8. The molecule has 1 heterocycles. The number of nitro groups is 1. The lowest BCUT2D eigenvalue weighted by atomic mass is 10.2. The zero-order valence-corrected chi connectivity index (χ0v) is 12.8. The summed E-state index contributed by atoms with van der Waals surface area (Å²) >= 11 is 3.21. The first kappa shape index (κ1) is 14.5. The van der Waals surface area contributed by atoms with Crippen LogP contribution >= 0.6 is 15.9 Å². The van der Waals surface area contributed by atoms with Crippen molar-refractivity contribution in [3.05, 3.63) is 50.7 Å². The van der Waals surface area contributed by atoms with Crippen molar-refractivity contribution in [2.45, 2.75) is 26.4 Å². The lowest BCUT2D eigenvalue weighted by Gasteiger charge is -2.13. The largest absolute Gasteiger partial charge is 0.378 e. The SMILES string of the molecule is CCn1cc(C(C)Nc2ccc([N+](=O)[O-])c(Br)c2)cn1. The fourth-order valence-corrected chi connectivity index (χ4v) is 2.38. The number of aromatic nitrogens is 2. The van der Waals surface area contributed by atoms with Crippen LogP contribution in [0, 0.1) is 10.1 Å². The molecule has 0 saturated carbocycles. The fourth-order valence-electron chi connectivity index (χ4n) is 1.85. The predicted octanol–water partition coefficient (Wildman–Crippen LogP) is 3.75. The zero-order valence-electron chi connectivity index (χ0n) is 11.2. The molecule has 0 amide bonds. The number of aryl methyl sites for hydroxylation is 1. The Morgan fingerprint density at radius 1 is 1.55 bits per heavy atom. The van der Waals surface area contributed by atoms with Crippen molar-refractivity contribution >= 4 is 27.3 Å². The lowest BCUT2D eigenvalue weighted by molar-refractivity contribution is -0.385. The molecule has 0 aliphatic carbocycles. The van der Waals surface area contributed by atoms with Gasteiger partial charge in [0.05, 0.1) is 21.6 Å². The van der Waals surface area contributed by atoms with E-state index in [-0.39, 0.29) is 11.7 Å². The van der Waals surface area contributed by atoms with Gasteiger partial charge in [0.25, 0.3) is 5.69 Å². The third kappa shape index (κ3) is 3.16. The number of rotatable bonds is 5. The first-order chi connectivity index (χ1) is 9.51. The van der Waals surface area contributed by atoms with Gasteiger partial charge in [0.15, 0.2) is 0 Å². The molecule has 6 nitrogen and oxygen atoms in total. The molecule has 1 N–H and O–H groups in total. The van der Waals surface area contributed by atoms with Crippen LogP contribution in [0.4, 0.5) is 11.4 Å². The Morgan fingerprint density at radius 2 is 2.30 bits per heavy atom. The average Bonchev–Trinajstić information content (AvgIpc) is 2.87. The van der Waals surface area contributed by atoms with Gasteiger partial charge in [0.2, 0.25) is 0 Å². The molecular formula is C13H15BrN4O2. The molecule has 1 atom stereocenters. The zero-order chi connectivity index (χ0) is 14.7. The highest BCUT2D eigenvalue weighted by molar-refractivity contribution is 9.10. The van der Waals surface area contributed by atoms with E-state index >= 15 is 0 Å². The van der Waals surface area contributed by atoms with Crippen molar-refractivity contribution in [1.29, 1.82) is 0 Å². The van der Waals surface area contributed by atoms with Gasteiger partial charge >= 0.3 is 0 Å². The Kier molecular flexibility index (Phi) is 4.39. The standard InChI is InChI=1S/C13H15BrN4O2/c1-3-17-8-10(7-15-17)9(2)16-11-4-5-13(18(19)20)12(14)6-11/h4-9,16H,3H2,1-2H3. The van der Waals surface area contributed by atoms with Gasteiger partial charge in [-0.25, -0.2) is 0 Å². The lowest BCUT2D eigenvalue weighted by Crippen LogP contribution is -2.06. The first-order valence-corrected chi connectivity index (χ1v) is 7.03. The van der Waals surface area contributed by atoms with Crippen LogP contribution in [0.15, 0.2) is 35.1 Å². The van der Waals surface area contributed by atoms with Crippen LogP contribution in [-0.4, -0.2) is 14.7 Å². The summed E-state index contributed by atoms with van der Waals surface area (Å²) in [5, 5.41) is 18.3. The maximum Gasteiger partial charge on any atom is 0.283 e. The second kappa shape index (κ2) is 6.04. The highest BCUT2D eigenvalue weighted by Gasteiger charge is 2.13. The van der Waals surface area contributed by atoms with E-state index in [1.807, 2.05) is 30.9 Å². The van der Waals surface area contributed by atoms with E-state index in [1.54, 1.807) is 12.1 Å². The van der Waals surface area contributed by atoms with Crippen LogP contribution in [0.25, 0.3) is 0 Å². The summed E-state index contributed by atoms with van der Waals surface area (Å²) in [5.74, 6) is 0. The minimum Gasteiger partial charge on any atom is -0.378 e. The fraction of sp³-hybridized carbons (Fsp3) is 0.308. The van der Waals surface area contributed by atoms with Gasteiger partial charge in [0.1, 0.15) is 0 Å². The van der Waals surface area contributed by atoms with Crippen molar-refractivity contribution in [2.75, 3.05) is 5.32 Å². The van der Waals surface area contributed by atoms with Crippen LogP contribution in [0.3, 0.4) is 0 Å². The number of nitrogens with one attached hydrogen (secondary N) is 1. The molecule has 0 fully saturated rings. The molecule has 0 radical (unpaired) electrons. The van der Waals surface area contributed by atoms with E-state index in [2.05, 4.69) is 26.3 Å². The van der Waals surface area contributed by atoms with E-state index in [0.29, 0.717) is 4.47 Å². The van der Waals surface area contributed by atoms with E-state index in [0.717, 1.165) is 17.8 Å². The summed E-state index contributed by atoms with van der Waals surface area (Å²) < 4.78 is 2.32. The number of anilines is 1. The van der Waals surface area contributed by atoms with Gasteiger partial charge in [-0.05, 0) is 41.9 Å². The van der Waals surface area contributed by atoms with Crippen LogP contribution in [0.5, 0.6) is 0 Å². The minimum atomic E-state index is -0.414. The summed E-state index contributed by atoms with van der Waals surface area (Å²) in [6.07, 6.45) is 3.81. The Bertz CT molecular complexity index is 627. The Labute approximate surface area is 125 Å². The van der Waals surface area contributed by atoms with Crippen LogP contribution in [0.2, 0.25) is 0 Å². The number of benzene rings is 1. The van der Waals surface area contributed by atoms with Gasteiger partial charge in [-0.2, -0.15) is 5.10 Å². The summed E-state index contributed by atoms with van der Waals surface area (Å²) in [6, 6.07) is 4.96. The van der Waals surface area contributed by atoms with Gasteiger partial charge in [-0.3, -0.25) is 14.8 Å². The maximum atomic E-state index is 10.8. The molecule has 0 aliphatic heterocycles. The molecule has 0 spiro atoms. The molecule has 20 heavy (non-hydrogen) atoms. The summed E-state index contributed by atoms with van der Waals surface area (Å²) in [5.41, 5.74) is 1.95. The molecule has 7 heteroatoms. The molecule has 1 unspecified atom stereocenters. The van der Waals surface area contributed by atoms with Crippen LogP contribution < -0.4 is 5.32 Å². The highest BCUT2D eigenvalue weighted by atomic mass is 79.9. The average molecular weight is 339 g/mol. The molecule has 1 aromatic carbocycles. The molecule has 0 aliphatic rings. The third-order valence-electron chi connectivity index (χ3n) is 3.00. The highest BCUT2D eigenvalue weighted by Crippen LogP contribution is 2.29. The second-order valence-electron chi connectivity index (χ2n) is 4.42. The van der Waals surface area contributed by atoms with Crippen molar-refractivity contribution < 1.29 is 4.92 Å². The number of nitrogens with zero attached hydrogens (tertiary/aromatic N) is 3. The number of nitro benzene ring substituents is 1. The predicted molar refractivity (Wildman–Crippen MR) is 80.7 cm³/mol. The number of hydrogen-bond acceptors (Lipinski definition) is 4. The quantitative estimate of drug-likeness (QED) is 0.665. The molecule has 0 saturated heterocycles. The summed E-state index contributed by atoms with van der Waals surface area (Å²) in [6.45, 7) is 4.88. The molecule has 1 aromatic heterocycles.